The number of rotatable bonds is 4. The molecule has 1 aromatic heterocycles. The Balaban J connectivity index is 1.63. The predicted octanol–water partition coefficient (Wildman–Crippen LogP) is 5.12. The number of hydrogen-bond acceptors (Lipinski definition) is 4. The van der Waals surface area contributed by atoms with Crippen LogP contribution in [-0.2, 0) is 0 Å². The molecule has 2 aromatic carbocycles. The van der Waals surface area contributed by atoms with E-state index in [1.165, 1.54) is 11.3 Å². The normalized spacial score (nSPS) is 10.2. The maximum absolute atomic E-state index is 12.0. The Morgan fingerprint density at radius 3 is 2.46 bits per heavy atom. The van der Waals surface area contributed by atoms with E-state index >= 15 is 0 Å². The molecule has 7 heteroatoms. The van der Waals surface area contributed by atoms with Crippen molar-refractivity contribution in [2.75, 3.05) is 17.7 Å². The van der Waals surface area contributed by atoms with Crippen LogP contribution < -0.4 is 15.4 Å². The summed E-state index contributed by atoms with van der Waals surface area (Å²) in [6.45, 7) is 0. The summed E-state index contributed by atoms with van der Waals surface area (Å²) in [5.41, 5.74) is 2.40. The predicted molar refractivity (Wildman–Crippen MR) is 98.2 cm³/mol. The maximum Gasteiger partial charge on any atom is 0.325 e. The van der Waals surface area contributed by atoms with Gasteiger partial charge in [0.25, 0.3) is 0 Å². The molecule has 0 radical (unpaired) electrons. The molecule has 0 aliphatic heterocycles. The van der Waals surface area contributed by atoms with Crippen molar-refractivity contribution in [2.45, 2.75) is 0 Å². The Labute approximate surface area is 148 Å². The Morgan fingerprint density at radius 2 is 1.79 bits per heavy atom. The van der Waals surface area contributed by atoms with Gasteiger partial charge in [-0.1, -0.05) is 23.7 Å². The van der Waals surface area contributed by atoms with Gasteiger partial charge in [0.2, 0.25) is 0 Å². The van der Waals surface area contributed by atoms with Crippen molar-refractivity contribution >= 4 is 39.8 Å². The van der Waals surface area contributed by atoms with Crippen molar-refractivity contribution in [3.8, 4) is 17.0 Å². The zero-order valence-corrected chi connectivity index (χ0v) is 14.3. The summed E-state index contributed by atoms with van der Waals surface area (Å²) in [5.74, 6) is 0.730. The Kier molecular flexibility index (Phi) is 4.98. The van der Waals surface area contributed by atoms with E-state index in [4.69, 9.17) is 16.3 Å². The summed E-state index contributed by atoms with van der Waals surface area (Å²) in [6, 6.07) is 14.1. The minimum absolute atomic E-state index is 0.350. The molecule has 0 fully saturated rings. The van der Waals surface area contributed by atoms with E-state index < -0.39 is 0 Å². The number of aromatic nitrogens is 1. The van der Waals surface area contributed by atoms with E-state index in [0.29, 0.717) is 15.8 Å². The van der Waals surface area contributed by atoms with Crippen molar-refractivity contribution < 1.29 is 9.53 Å². The smallest absolute Gasteiger partial charge is 0.325 e. The van der Waals surface area contributed by atoms with Gasteiger partial charge in [0.1, 0.15) is 5.75 Å². The lowest BCUT2D eigenvalue weighted by molar-refractivity contribution is 0.262. The number of carbonyl (C=O) groups is 1. The number of ether oxygens (including phenoxy) is 1. The second kappa shape index (κ2) is 7.33. The number of nitrogens with one attached hydrogen (secondary N) is 2. The number of benzene rings is 2. The number of thiazole rings is 1. The van der Waals surface area contributed by atoms with Crippen LogP contribution >= 0.6 is 22.9 Å². The first kappa shape index (κ1) is 16.3. The van der Waals surface area contributed by atoms with Crippen LogP contribution in [0.15, 0.2) is 53.9 Å². The van der Waals surface area contributed by atoms with Crippen molar-refractivity contribution in [1.29, 1.82) is 0 Å². The quantitative estimate of drug-likeness (QED) is 0.679. The molecule has 2 amide bonds. The number of anilines is 2. The highest BCUT2D eigenvalue weighted by Gasteiger charge is 2.08. The summed E-state index contributed by atoms with van der Waals surface area (Å²) in [7, 11) is 1.59. The zero-order chi connectivity index (χ0) is 16.9. The fourth-order valence-electron chi connectivity index (χ4n) is 2.02. The van der Waals surface area contributed by atoms with E-state index in [1.807, 2.05) is 17.5 Å². The molecular formula is C17H14ClN3O2S. The number of nitrogens with zero attached hydrogens (tertiary/aromatic N) is 1. The Bertz CT molecular complexity index is 832. The first-order valence-electron chi connectivity index (χ1n) is 7.07. The molecule has 24 heavy (non-hydrogen) atoms. The van der Waals surface area contributed by atoms with Gasteiger partial charge in [-0.3, -0.25) is 5.32 Å². The molecule has 0 aliphatic carbocycles. The second-order valence-corrected chi connectivity index (χ2v) is 6.15. The largest absolute Gasteiger partial charge is 0.497 e. The monoisotopic (exact) mass is 359 g/mol. The standard InChI is InChI=1S/C17H14ClN3O2S/c1-23-14-8-6-13(7-9-14)19-16(22)21-17-20-15(10-24-17)11-2-4-12(18)5-3-11/h2-10H,1H3,(H2,19,20,21,22). The highest BCUT2D eigenvalue weighted by Crippen LogP contribution is 2.26. The van der Waals surface area contributed by atoms with E-state index in [9.17, 15) is 4.79 Å². The third kappa shape index (κ3) is 4.04. The minimum Gasteiger partial charge on any atom is -0.497 e. The molecule has 0 saturated heterocycles. The van der Waals surface area contributed by atoms with Crippen LogP contribution in [0.5, 0.6) is 5.75 Å². The fraction of sp³-hybridized carbons (Fsp3) is 0.0588. The number of amides is 2. The topological polar surface area (TPSA) is 63.2 Å². The zero-order valence-electron chi connectivity index (χ0n) is 12.7. The van der Waals surface area contributed by atoms with Gasteiger partial charge in [-0.2, -0.15) is 0 Å². The van der Waals surface area contributed by atoms with Crippen LogP contribution in [0, 0.1) is 0 Å². The van der Waals surface area contributed by atoms with Gasteiger partial charge in [0.15, 0.2) is 5.13 Å². The lowest BCUT2D eigenvalue weighted by atomic mass is 10.2. The third-order valence-corrected chi connectivity index (χ3v) is 4.22. The first-order valence-corrected chi connectivity index (χ1v) is 8.33. The van der Waals surface area contributed by atoms with Crippen LogP contribution in [0.25, 0.3) is 11.3 Å². The molecule has 5 nitrogen and oxygen atoms in total. The fourth-order valence-corrected chi connectivity index (χ4v) is 2.86. The SMILES string of the molecule is COc1ccc(NC(=O)Nc2nc(-c3ccc(Cl)cc3)cs2)cc1. The molecule has 2 N–H and O–H groups in total. The van der Waals surface area contributed by atoms with Gasteiger partial charge in [0.05, 0.1) is 12.8 Å². The number of hydrogen-bond donors (Lipinski definition) is 2. The number of carbonyl (C=O) groups excluding carboxylic acids is 1. The lowest BCUT2D eigenvalue weighted by Gasteiger charge is -2.06. The summed E-state index contributed by atoms with van der Waals surface area (Å²) in [6.07, 6.45) is 0. The molecule has 0 spiro atoms. The van der Waals surface area contributed by atoms with Gasteiger partial charge < -0.3 is 10.1 Å². The summed E-state index contributed by atoms with van der Waals surface area (Å²) in [4.78, 5) is 16.4. The van der Waals surface area contributed by atoms with Gasteiger partial charge in [-0.05, 0) is 36.4 Å². The summed E-state index contributed by atoms with van der Waals surface area (Å²) in [5, 5.41) is 8.54. The average molecular weight is 360 g/mol. The van der Waals surface area contributed by atoms with E-state index in [1.54, 1.807) is 43.5 Å². The molecule has 0 bridgehead atoms. The average Bonchev–Trinajstić information content (AvgIpc) is 3.04. The molecule has 0 saturated carbocycles. The molecule has 0 unspecified atom stereocenters. The molecule has 0 aliphatic rings. The highest BCUT2D eigenvalue weighted by atomic mass is 35.5. The summed E-state index contributed by atoms with van der Waals surface area (Å²) >= 11 is 7.24. The summed E-state index contributed by atoms with van der Waals surface area (Å²) < 4.78 is 5.08. The van der Waals surface area contributed by atoms with E-state index in [2.05, 4.69) is 15.6 Å². The molecule has 3 aromatic rings. The van der Waals surface area contributed by atoms with Crippen LogP contribution in [0.2, 0.25) is 5.02 Å². The van der Waals surface area contributed by atoms with Gasteiger partial charge >= 0.3 is 6.03 Å². The molecule has 0 atom stereocenters. The maximum atomic E-state index is 12.0. The lowest BCUT2D eigenvalue weighted by Crippen LogP contribution is -2.19. The van der Waals surface area contributed by atoms with Gasteiger partial charge in [-0.15, -0.1) is 11.3 Å². The van der Waals surface area contributed by atoms with Crippen molar-refractivity contribution in [3.05, 3.63) is 58.9 Å². The van der Waals surface area contributed by atoms with Gasteiger partial charge in [0, 0.05) is 21.7 Å². The van der Waals surface area contributed by atoms with Crippen molar-refractivity contribution in [2.24, 2.45) is 0 Å². The molecule has 3 rings (SSSR count). The van der Waals surface area contributed by atoms with Crippen LogP contribution in [0.3, 0.4) is 0 Å². The van der Waals surface area contributed by atoms with Crippen LogP contribution in [-0.4, -0.2) is 18.1 Å². The van der Waals surface area contributed by atoms with Crippen LogP contribution in [0.4, 0.5) is 15.6 Å². The molecule has 1 heterocycles. The van der Waals surface area contributed by atoms with Crippen LogP contribution in [0.1, 0.15) is 0 Å². The van der Waals surface area contributed by atoms with Gasteiger partial charge in [-0.25, -0.2) is 9.78 Å². The van der Waals surface area contributed by atoms with Crippen molar-refractivity contribution in [3.63, 3.8) is 0 Å². The number of halogens is 1. The molecule has 122 valence electrons. The van der Waals surface area contributed by atoms with E-state index in [0.717, 1.165) is 17.0 Å². The first-order chi connectivity index (χ1) is 11.6. The number of urea groups is 1. The highest BCUT2D eigenvalue weighted by molar-refractivity contribution is 7.14. The Hall–Kier alpha value is -2.57. The minimum atomic E-state index is -0.350. The second-order valence-electron chi connectivity index (χ2n) is 4.85. The van der Waals surface area contributed by atoms with Crippen molar-refractivity contribution in [1.82, 2.24) is 4.98 Å². The molecular weight excluding hydrogens is 346 g/mol. The van der Waals surface area contributed by atoms with E-state index in [-0.39, 0.29) is 6.03 Å². The Morgan fingerprint density at radius 1 is 1.08 bits per heavy atom. The third-order valence-electron chi connectivity index (χ3n) is 3.21. The number of methoxy groups -OCH3 is 1.